The first-order valence-electron chi connectivity index (χ1n) is 7.84. The van der Waals surface area contributed by atoms with Crippen LogP contribution in [0.3, 0.4) is 0 Å². The van der Waals surface area contributed by atoms with Gasteiger partial charge in [-0.2, -0.15) is 0 Å². The first-order chi connectivity index (χ1) is 11.0. The Balaban J connectivity index is 2.18. The van der Waals surface area contributed by atoms with Gasteiger partial charge in [0.05, 0.1) is 0 Å². The zero-order valence-electron chi connectivity index (χ0n) is 13.8. The van der Waals surface area contributed by atoms with Gasteiger partial charge in [0, 0.05) is 43.4 Å². The summed E-state index contributed by atoms with van der Waals surface area (Å²) in [6, 6.07) is 13.1. The van der Waals surface area contributed by atoms with Crippen molar-refractivity contribution in [2.24, 2.45) is 0 Å². The van der Waals surface area contributed by atoms with E-state index in [1.807, 2.05) is 0 Å². The molecule has 0 aliphatic heterocycles. The first-order valence-corrected chi connectivity index (χ1v) is 8.63. The fourth-order valence-electron chi connectivity index (χ4n) is 3.64. The van der Waals surface area contributed by atoms with Crippen molar-refractivity contribution in [3.8, 4) is 5.69 Å². The summed E-state index contributed by atoms with van der Waals surface area (Å²) < 4.78 is 3.46. The van der Waals surface area contributed by atoms with Gasteiger partial charge in [-0.15, -0.1) is 0 Å². The summed E-state index contributed by atoms with van der Waals surface area (Å²) >= 11 is 3.61. The Hall–Kier alpha value is -2.00. The van der Waals surface area contributed by atoms with Crippen molar-refractivity contribution in [3.05, 3.63) is 63.4 Å². The maximum atomic E-state index is 3.61. The molecule has 23 heavy (non-hydrogen) atoms. The third-order valence-electron chi connectivity index (χ3n) is 4.78. The van der Waals surface area contributed by atoms with Crippen molar-refractivity contribution in [1.82, 2.24) is 9.55 Å². The SMILES string of the molecule is Cc1cc(-n2c(C)ccc2C)c(C)c2c1[nH]c1ccc(Br)cc12. The summed E-state index contributed by atoms with van der Waals surface area (Å²) in [6.45, 7) is 8.74. The highest BCUT2D eigenvalue weighted by molar-refractivity contribution is 9.10. The number of hydrogen-bond acceptors (Lipinski definition) is 0. The fourth-order valence-corrected chi connectivity index (χ4v) is 4.00. The molecule has 4 rings (SSSR count). The number of aromatic nitrogens is 2. The zero-order valence-corrected chi connectivity index (χ0v) is 15.4. The molecule has 0 saturated heterocycles. The van der Waals surface area contributed by atoms with Crippen LogP contribution >= 0.6 is 15.9 Å². The molecule has 3 heteroatoms. The summed E-state index contributed by atoms with van der Waals surface area (Å²) in [5.41, 5.74) is 8.83. The number of halogens is 1. The van der Waals surface area contributed by atoms with Gasteiger partial charge >= 0.3 is 0 Å². The number of aromatic amines is 1. The molecule has 0 spiro atoms. The number of H-pyrrole nitrogens is 1. The smallest absolute Gasteiger partial charge is 0.0498 e. The van der Waals surface area contributed by atoms with E-state index in [1.54, 1.807) is 0 Å². The third kappa shape index (κ3) is 2.07. The Morgan fingerprint density at radius 2 is 1.61 bits per heavy atom. The minimum Gasteiger partial charge on any atom is -0.354 e. The Morgan fingerprint density at radius 3 is 2.30 bits per heavy atom. The van der Waals surface area contributed by atoms with Gasteiger partial charge in [-0.3, -0.25) is 0 Å². The lowest BCUT2D eigenvalue weighted by molar-refractivity contribution is 0.956. The first kappa shape index (κ1) is 14.6. The molecule has 116 valence electrons. The van der Waals surface area contributed by atoms with Gasteiger partial charge in [0.1, 0.15) is 0 Å². The quantitative estimate of drug-likeness (QED) is 0.419. The van der Waals surface area contributed by atoms with E-state index in [0.717, 1.165) is 4.47 Å². The largest absolute Gasteiger partial charge is 0.354 e. The Morgan fingerprint density at radius 1 is 0.913 bits per heavy atom. The monoisotopic (exact) mass is 366 g/mol. The molecule has 0 fully saturated rings. The van der Waals surface area contributed by atoms with Crippen molar-refractivity contribution < 1.29 is 0 Å². The normalized spacial score (nSPS) is 11.7. The van der Waals surface area contributed by atoms with Crippen molar-refractivity contribution in [2.75, 3.05) is 0 Å². The second kappa shape index (κ2) is 5.00. The van der Waals surface area contributed by atoms with Crippen LogP contribution in [0.5, 0.6) is 0 Å². The minimum atomic E-state index is 1.11. The molecule has 2 heterocycles. The molecule has 0 unspecified atom stereocenters. The van der Waals surface area contributed by atoms with Crippen LogP contribution in [0.25, 0.3) is 27.5 Å². The van der Waals surface area contributed by atoms with Crippen molar-refractivity contribution >= 4 is 37.7 Å². The maximum absolute atomic E-state index is 3.61. The molecule has 2 nitrogen and oxygen atoms in total. The third-order valence-corrected chi connectivity index (χ3v) is 5.27. The Kier molecular flexibility index (Phi) is 3.17. The lowest BCUT2D eigenvalue weighted by Gasteiger charge is -2.15. The van der Waals surface area contributed by atoms with Crippen LogP contribution in [-0.4, -0.2) is 9.55 Å². The number of nitrogens with zero attached hydrogens (tertiary/aromatic N) is 1. The summed E-state index contributed by atoms with van der Waals surface area (Å²) in [5.74, 6) is 0. The summed E-state index contributed by atoms with van der Waals surface area (Å²) in [7, 11) is 0. The number of benzene rings is 2. The van der Waals surface area contributed by atoms with Crippen LogP contribution in [0.1, 0.15) is 22.5 Å². The number of rotatable bonds is 1. The van der Waals surface area contributed by atoms with Crippen molar-refractivity contribution in [3.63, 3.8) is 0 Å². The van der Waals surface area contributed by atoms with Crippen LogP contribution in [0.15, 0.2) is 40.9 Å². The van der Waals surface area contributed by atoms with E-state index in [9.17, 15) is 0 Å². The Labute approximate surface area is 144 Å². The van der Waals surface area contributed by atoms with E-state index in [0.29, 0.717) is 0 Å². The molecule has 0 saturated carbocycles. The van der Waals surface area contributed by atoms with Crippen LogP contribution < -0.4 is 0 Å². The van der Waals surface area contributed by atoms with Gasteiger partial charge in [0.25, 0.3) is 0 Å². The van der Waals surface area contributed by atoms with Crippen LogP contribution in [0.2, 0.25) is 0 Å². The van der Waals surface area contributed by atoms with Gasteiger partial charge in [-0.05, 0) is 75.2 Å². The van der Waals surface area contributed by atoms with Crippen molar-refractivity contribution in [1.29, 1.82) is 0 Å². The van der Waals surface area contributed by atoms with E-state index < -0.39 is 0 Å². The van der Waals surface area contributed by atoms with E-state index in [-0.39, 0.29) is 0 Å². The van der Waals surface area contributed by atoms with Crippen LogP contribution in [0, 0.1) is 27.7 Å². The average Bonchev–Trinajstić information content (AvgIpc) is 3.04. The summed E-state index contributed by atoms with van der Waals surface area (Å²) in [5, 5.41) is 2.60. The topological polar surface area (TPSA) is 20.7 Å². The van der Waals surface area contributed by atoms with Gasteiger partial charge in [0.15, 0.2) is 0 Å². The second-order valence-corrected chi connectivity index (χ2v) is 7.27. The lowest BCUT2D eigenvalue weighted by Crippen LogP contribution is -2.02. The molecule has 1 N–H and O–H groups in total. The molecule has 0 aliphatic rings. The predicted octanol–water partition coefficient (Wildman–Crippen LogP) is 6.11. The van der Waals surface area contributed by atoms with Gasteiger partial charge in [-0.25, -0.2) is 0 Å². The maximum Gasteiger partial charge on any atom is 0.0498 e. The number of hydrogen-bond donors (Lipinski definition) is 1. The minimum absolute atomic E-state index is 1.11. The zero-order chi connectivity index (χ0) is 16.3. The molecular formula is C20H19BrN2. The molecule has 2 aromatic heterocycles. The molecular weight excluding hydrogens is 348 g/mol. The predicted molar refractivity (Wildman–Crippen MR) is 102 cm³/mol. The summed E-state index contributed by atoms with van der Waals surface area (Å²) in [6.07, 6.45) is 0. The number of nitrogens with one attached hydrogen (secondary N) is 1. The molecule has 2 aromatic carbocycles. The van der Waals surface area contributed by atoms with Crippen molar-refractivity contribution in [2.45, 2.75) is 27.7 Å². The highest BCUT2D eigenvalue weighted by Crippen LogP contribution is 2.35. The number of fused-ring (bicyclic) bond motifs is 3. The fraction of sp³-hybridized carbons (Fsp3) is 0.200. The highest BCUT2D eigenvalue weighted by Gasteiger charge is 2.15. The standard InChI is InChI=1S/C20H19BrN2/c1-11-9-18(23-12(2)5-6-13(23)3)14(4)19-16-10-15(21)7-8-17(16)22-20(11)19/h5-10,22H,1-4H3. The molecule has 0 radical (unpaired) electrons. The average molecular weight is 367 g/mol. The lowest BCUT2D eigenvalue weighted by atomic mass is 10.0. The van der Waals surface area contributed by atoms with E-state index in [4.69, 9.17) is 0 Å². The van der Waals surface area contributed by atoms with Gasteiger partial charge < -0.3 is 9.55 Å². The molecule has 0 aliphatic carbocycles. The molecule has 4 aromatic rings. The highest BCUT2D eigenvalue weighted by atomic mass is 79.9. The van der Waals surface area contributed by atoms with E-state index in [1.165, 1.54) is 50.0 Å². The molecule has 0 atom stereocenters. The van der Waals surface area contributed by atoms with Crippen LogP contribution in [-0.2, 0) is 0 Å². The summed E-state index contributed by atoms with van der Waals surface area (Å²) in [4.78, 5) is 3.59. The molecule has 0 amide bonds. The Bertz CT molecular complexity index is 1050. The van der Waals surface area contributed by atoms with Gasteiger partial charge in [-0.1, -0.05) is 15.9 Å². The second-order valence-electron chi connectivity index (χ2n) is 6.35. The van der Waals surface area contributed by atoms with E-state index in [2.05, 4.69) is 89.6 Å². The van der Waals surface area contributed by atoms with E-state index >= 15 is 0 Å². The number of aryl methyl sites for hydroxylation is 4. The molecule has 0 bridgehead atoms. The van der Waals surface area contributed by atoms with Crippen LogP contribution in [0.4, 0.5) is 0 Å². The van der Waals surface area contributed by atoms with Gasteiger partial charge in [0.2, 0.25) is 0 Å².